The van der Waals surface area contributed by atoms with Gasteiger partial charge in [-0.3, -0.25) is 0 Å². The van der Waals surface area contributed by atoms with Crippen LogP contribution in [-0.2, 0) is 4.74 Å². The summed E-state index contributed by atoms with van der Waals surface area (Å²) in [5.74, 6) is 0. The topological polar surface area (TPSA) is 21.3 Å². The molecule has 0 spiro atoms. The molecule has 1 aromatic carbocycles. The minimum Gasteiger partial charge on any atom is -0.382 e. The van der Waals surface area contributed by atoms with Gasteiger partial charge in [0.05, 0.1) is 0 Å². The molecule has 1 N–H and O–H groups in total. The van der Waals surface area contributed by atoms with E-state index < -0.39 is 0 Å². The largest absolute Gasteiger partial charge is 0.382 e. The van der Waals surface area contributed by atoms with Crippen LogP contribution in [-0.4, -0.2) is 19.8 Å². The van der Waals surface area contributed by atoms with Gasteiger partial charge in [0, 0.05) is 19.3 Å². The second-order valence-electron chi connectivity index (χ2n) is 4.74. The zero-order valence-electron chi connectivity index (χ0n) is 12.3. The second-order valence-corrected chi connectivity index (χ2v) is 4.74. The quantitative estimate of drug-likeness (QED) is 0.708. The fourth-order valence-corrected chi connectivity index (χ4v) is 2.30. The highest BCUT2D eigenvalue weighted by atomic mass is 16.5. The molecule has 1 aromatic rings. The Morgan fingerprint density at radius 2 is 2.00 bits per heavy atom. The highest BCUT2D eigenvalue weighted by Gasteiger charge is 2.13. The zero-order chi connectivity index (χ0) is 13.4. The van der Waals surface area contributed by atoms with Crippen LogP contribution < -0.4 is 5.32 Å². The summed E-state index contributed by atoms with van der Waals surface area (Å²) in [6, 6.07) is 7.04. The Labute approximate surface area is 112 Å². The molecule has 0 aliphatic carbocycles. The Kier molecular flexibility index (Phi) is 6.99. The van der Waals surface area contributed by atoms with E-state index in [-0.39, 0.29) is 0 Å². The third kappa shape index (κ3) is 4.43. The minimum atomic E-state index is 0.454. The lowest BCUT2D eigenvalue weighted by Crippen LogP contribution is -2.22. The third-order valence-corrected chi connectivity index (χ3v) is 3.46. The molecule has 0 saturated carbocycles. The van der Waals surface area contributed by atoms with Gasteiger partial charge in [0.15, 0.2) is 0 Å². The summed E-state index contributed by atoms with van der Waals surface area (Å²) in [5, 5.41) is 3.59. The van der Waals surface area contributed by atoms with Gasteiger partial charge in [0.2, 0.25) is 0 Å². The van der Waals surface area contributed by atoms with Gasteiger partial charge in [-0.05, 0) is 56.8 Å². The van der Waals surface area contributed by atoms with Gasteiger partial charge in [0.1, 0.15) is 0 Å². The molecule has 0 saturated heterocycles. The lowest BCUT2D eigenvalue weighted by molar-refractivity contribution is 0.141. The average Bonchev–Trinajstić information content (AvgIpc) is 2.37. The van der Waals surface area contributed by atoms with E-state index in [9.17, 15) is 0 Å². The number of rotatable bonds is 8. The van der Waals surface area contributed by atoms with Crippen LogP contribution in [0.4, 0.5) is 0 Å². The van der Waals surface area contributed by atoms with Crippen LogP contribution in [0.15, 0.2) is 18.2 Å². The lowest BCUT2D eigenvalue weighted by atomic mass is 9.94. The van der Waals surface area contributed by atoms with Crippen molar-refractivity contribution in [3.63, 3.8) is 0 Å². The van der Waals surface area contributed by atoms with Crippen molar-refractivity contribution in [2.45, 2.75) is 46.6 Å². The number of hydrogen-bond acceptors (Lipinski definition) is 2. The molecule has 1 unspecified atom stereocenters. The monoisotopic (exact) mass is 249 g/mol. The molecule has 1 atom stereocenters. The molecule has 0 aliphatic heterocycles. The van der Waals surface area contributed by atoms with Gasteiger partial charge in [0.25, 0.3) is 0 Å². The second kappa shape index (κ2) is 8.28. The predicted octanol–water partition coefficient (Wildman–Crippen LogP) is 3.77. The van der Waals surface area contributed by atoms with Crippen molar-refractivity contribution in [1.82, 2.24) is 5.32 Å². The van der Waals surface area contributed by atoms with Gasteiger partial charge in [-0.15, -0.1) is 0 Å². The molecule has 0 aromatic heterocycles. The van der Waals surface area contributed by atoms with Crippen LogP contribution in [0.1, 0.15) is 49.4 Å². The number of nitrogens with one attached hydrogen (secondary N) is 1. The Bertz CT molecular complexity index is 349. The van der Waals surface area contributed by atoms with Crippen molar-refractivity contribution in [2.75, 3.05) is 19.8 Å². The summed E-state index contributed by atoms with van der Waals surface area (Å²) in [6.07, 6.45) is 2.25. The molecule has 2 heteroatoms. The summed E-state index contributed by atoms with van der Waals surface area (Å²) in [4.78, 5) is 0. The molecular weight excluding hydrogens is 222 g/mol. The molecule has 18 heavy (non-hydrogen) atoms. The molecule has 0 fully saturated rings. The lowest BCUT2D eigenvalue weighted by Gasteiger charge is -2.21. The van der Waals surface area contributed by atoms with Crippen LogP contribution in [0, 0.1) is 13.8 Å². The average molecular weight is 249 g/mol. The van der Waals surface area contributed by atoms with Gasteiger partial charge in [-0.2, -0.15) is 0 Å². The first kappa shape index (κ1) is 15.2. The summed E-state index contributed by atoms with van der Waals surface area (Å²) in [7, 11) is 0. The first-order chi connectivity index (χ1) is 8.70. The van der Waals surface area contributed by atoms with Gasteiger partial charge in [-0.1, -0.05) is 25.1 Å². The predicted molar refractivity (Wildman–Crippen MR) is 78.1 cm³/mol. The smallest absolute Gasteiger partial charge is 0.0466 e. The van der Waals surface area contributed by atoms with Gasteiger partial charge in [-0.25, -0.2) is 0 Å². The Morgan fingerprint density at radius 1 is 1.22 bits per heavy atom. The molecular formula is C16H27NO. The van der Waals surface area contributed by atoms with Crippen molar-refractivity contribution in [1.29, 1.82) is 0 Å². The molecule has 0 heterocycles. The van der Waals surface area contributed by atoms with E-state index in [4.69, 9.17) is 4.74 Å². The fourth-order valence-electron chi connectivity index (χ4n) is 2.30. The van der Waals surface area contributed by atoms with E-state index >= 15 is 0 Å². The maximum Gasteiger partial charge on any atom is 0.0466 e. The van der Waals surface area contributed by atoms with E-state index in [2.05, 4.69) is 44.3 Å². The Hall–Kier alpha value is -0.860. The highest BCUT2D eigenvalue weighted by Crippen LogP contribution is 2.24. The number of ether oxygens (including phenoxy) is 1. The standard InChI is InChI=1S/C16H27NO/c1-5-17-16(11-8-12-18-6-2)15-10-7-9-13(3)14(15)4/h7,9-10,16-17H,5-6,8,11-12H2,1-4H3. The van der Waals surface area contributed by atoms with Crippen molar-refractivity contribution in [2.24, 2.45) is 0 Å². The van der Waals surface area contributed by atoms with Crippen LogP contribution in [0.3, 0.4) is 0 Å². The molecule has 102 valence electrons. The van der Waals surface area contributed by atoms with E-state index in [1.807, 2.05) is 6.92 Å². The number of benzene rings is 1. The number of aryl methyl sites for hydroxylation is 1. The Morgan fingerprint density at radius 3 is 2.67 bits per heavy atom. The fraction of sp³-hybridized carbons (Fsp3) is 0.625. The SMILES string of the molecule is CCNC(CCCOCC)c1cccc(C)c1C. The first-order valence-electron chi connectivity index (χ1n) is 7.07. The molecule has 0 radical (unpaired) electrons. The van der Waals surface area contributed by atoms with Crippen molar-refractivity contribution in [3.8, 4) is 0 Å². The molecule has 1 rings (SSSR count). The summed E-state index contributed by atoms with van der Waals surface area (Å²) in [6.45, 7) is 11.3. The molecule has 2 nitrogen and oxygen atoms in total. The van der Waals surface area contributed by atoms with Gasteiger partial charge < -0.3 is 10.1 Å². The maximum absolute atomic E-state index is 5.42. The van der Waals surface area contributed by atoms with Crippen LogP contribution >= 0.6 is 0 Å². The molecule has 0 aliphatic rings. The zero-order valence-corrected chi connectivity index (χ0v) is 12.3. The van der Waals surface area contributed by atoms with Crippen LogP contribution in [0.5, 0.6) is 0 Å². The molecule has 0 bridgehead atoms. The van der Waals surface area contributed by atoms with E-state index in [0.29, 0.717) is 6.04 Å². The summed E-state index contributed by atoms with van der Waals surface area (Å²) >= 11 is 0. The van der Waals surface area contributed by atoms with Gasteiger partial charge >= 0.3 is 0 Å². The van der Waals surface area contributed by atoms with Crippen molar-refractivity contribution >= 4 is 0 Å². The summed E-state index contributed by atoms with van der Waals surface area (Å²) < 4.78 is 5.42. The molecule has 0 amide bonds. The number of hydrogen-bond donors (Lipinski definition) is 1. The Balaban J connectivity index is 2.68. The third-order valence-electron chi connectivity index (χ3n) is 3.46. The maximum atomic E-state index is 5.42. The van der Waals surface area contributed by atoms with Crippen molar-refractivity contribution in [3.05, 3.63) is 34.9 Å². The minimum absolute atomic E-state index is 0.454. The first-order valence-corrected chi connectivity index (χ1v) is 7.07. The highest BCUT2D eigenvalue weighted by molar-refractivity contribution is 5.35. The van der Waals surface area contributed by atoms with Crippen LogP contribution in [0.25, 0.3) is 0 Å². The van der Waals surface area contributed by atoms with Crippen molar-refractivity contribution < 1.29 is 4.74 Å². The van der Waals surface area contributed by atoms with E-state index in [0.717, 1.165) is 32.6 Å². The van der Waals surface area contributed by atoms with E-state index in [1.165, 1.54) is 16.7 Å². The normalized spacial score (nSPS) is 12.7. The van der Waals surface area contributed by atoms with E-state index in [1.54, 1.807) is 0 Å². The summed E-state index contributed by atoms with van der Waals surface area (Å²) in [5.41, 5.74) is 4.23. The van der Waals surface area contributed by atoms with Crippen LogP contribution in [0.2, 0.25) is 0 Å².